The molecule has 0 saturated heterocycles. The lowest BCUT2D eigenvalue weighted by Crippen LogP contribution is -2.75. The van der Waals surface area contributed by atoms with Crippen molar-refractivity contribution in [3.8, 4) is 33.8 Å². The predicted molar refractivity (Wildman–Crippen MR) is 181 cm³/mol. The number of hydrogen-bond acceptors (Lipinski definition) is 2. The average Bonchev–Trinajstić information content (AvgIpc) is 3.31. The number of alkyl halides is 32. The third-order valence-electron chi connectivity index (χ3n) is 10.5. The fourth-order valence-electron chi connectivity index (χ4n) is 6.10. The molecule has 4 aromatic rings. The van der Waals surface area contributed by atoms with Crippen molar-refractivity contribution in [2.45, 2.75) is 89.3 Å². The van der Waals surface area contributed by atoms with Crippen LogP contribution in [-0.4, -0.2) is 87.7 Å². The molecule has 0 unspecified atom stereocenters. The summed E-state index contributed by atoms with van der Waals surface area (Å²) in [4.78, 5) is 0. The van der Waals surface area contributed by atoms with Crippen LogP contribution >= 0.6 is 0 Å². The van der Waals surface area contributed by atoms with E-state index in [4.69, 9.17) is 10.2 Å². The monoisotopic (exact) mass is 1270 g/mol. The molecule has 0 aliphatic heterocycles. The van der Waals surface area contributed by atoms with Gasteiger partial charge in [-0.2, -0.15) is 140 Å². The van der Waals surface area contributed by atoms with Gasteiger partial charge in [-0.1, -0.05) is 24.3 Å². The molecule has 0 saturated carbocycles. The van der Waals surface area contributed by atoms with Crippen molar-refractivity contribution in [3.63, 3.8) is 0 Å². The van der Waals surface area contributed by atoms with Crippen molar-refractivity contribution in [1.29, 1.82) is 0 Å². The number of benzene rings is 4. The Morgan fingerprint density at radius 1 is 0.210 bits per heavy atom. The van der Waals surface area contributed by atoms with E-state index in [0.29, 0.717) is 12.1 Å². The normalized spacial score (nSPS) is 14.8. The van der Waals surface area contributed by atoms with Crippen molar-refractivity contribution in [2.24, 2.45) is 0 Å². The van der Waals surface area contributed by atoms with E-state index in [2.05, 4.69) is 0 Å². The number of halogens is 40. The molecule has 0 fully saturated rings. The van der Waals surface area contributed by atoms with E-state index in [9.17, 15) is 176 Å². The van der Waals surface area contributed by atoms with Crippen LogP contribution in [0.1, 0.15) is 11.1 Å². The van der Waals surface area contributed by atoms with Crippen LogP contribution in [-0.2, 0) is 11.8 Å². The largest absolute Gasteiger partial charge is 0.508 e. The smallest absolute Gasteiger partial charge is 0.460 e. The number of rotatable bonds is 15. The van der Waals surface area contributed by atoms with E-state index >= 15 is 0 Å². The first-order chi connectivity index (χ1) is 35.5. The second-order valence-electron chi connectivity index (χ2n) is 15.6. The third kappa shape index (κ3) is 9.59. The van der Waals surface area contributed by atoms with Gasteiger partial charge in [-0.25, -0.2) is 35.1 Å². The lowest BCUT2D eigenvalue weighted by atomic mass is 9.84. The molecular weight excluding hydrogens is 1260 g/mol. The lowest BCUT2D eigenvalue weighted by Gasteiger charge is -2.44. The van der Waals surface area contributed by atoms with Gasteiger partial charge < -0.3 is 10.2 Å². The topological polar surface area (TPSA) is 40.5 Å². The standard InChI is InChI=1S/C21H5F23O.C18H5F17O/c22-9-7(5-1-3-6(45)4-2-5)8(10(23)12(25)11(9)24)13(26,27)14(28,29)15(30,31)16(32,33)17(34,35)18(36,37)19(38,39)20(40,41)21(42,43)44;19-9-7(5-1-3-6(36)4-2-5)8(10(20)12(22)11(9)21)13(23,24)14(25,26)15(27,28)16(29,30)17(31,32)18(33,34)35/h1-4,45H;1-4,36H. The van der Waals surface area contributed by atoms with Gasteiger partial charge in [-0.05, 0) is 35.4 Å². The van der Waals surface area contributed by atoms with Gasteiger partial charge in [0.1, 0.15) is 11.5 Å². The van der Waals surface area contributed by atoms with Crippen LogP contribution in [0.15, 0.2) is 48.5 Å². The van der Waals surface area contributed by atoms with Crippen molar-refractivity contribution in [2.75, 3.05) is 0 Å². The molecule has 458 valence electrons. The maximum atomic E-state index is 14.8. The van der Waals surface area contributed by atoms with Gasteiger partial charge in [-0.3, -0.25) is 0 Å². The number of aromatic hydroxyl groups is 2. The summed E-state index contributed by atoms with van der Waals surface area (Å²) in [7, 11) is 0. The summed E-state index contributed by atoms with van der Waals surface area (Å²) in [5.74, 6) is -140. The molecule has 0 atom stereocenters. The fourth-order valence-corrected chi connectivity index (χ4v) is 6.10. The summed E-state index contributed by atoms with van der Waals surface area (Å²) in [6, 6.07) is 1.69. The van der Waals surface area contributed by atoms with E-state index in [1.807, 2.05) is 0 Å². The van der Waals surface area contributed by atoms with Gasteiger partial charge in [0.15, 0.2) is 46.5 Å². The molecule has 42 heteroatoms. The van der Waals surface area contributed by atoms with Crippen LogP contribution in [0.3, 0.4) is 0 Å². The van der Waals surface area contributed by atoms with Crippen molar-refractivity contribution in [3.05, 3.63) is 106 Å². The highest BCUT2D eigenvalue weighted by atomic mass is 19.4. The van der Waals surface area contributed by atoms with Gasteiger partial charge in [0, 0.05) is 11.1 Å². The van der Waals surface area contributed by atoms with E-state index in [0.717, 1.165) is 0 Å². The first kappa shape index (κ1) is 69.0. The third-order valence-corrected chi connectivity index (χ3v) is 10.5. The summed E-state index contributed by atoms with van der Waals surface area (Å²) in [6.07, 6.45) is -15.8. The molecule has 4 aromatic carbocycles. The van der Waals surface area contributed by atoms with E-state index in [1.165, 1.54) is 0 Å². The highest BCUT2D eigenvalue weighted by molar-refractivity contribution is 5.72. The van der Waals surface area contributed by atoms with Gasteiger partial charge in [0.2, 0.25) is 0 Å². The van der Waals surface area contributed by atoms with Crippen LogP contribution in [0.2, 0.25) is 0 Å². The minimum atomic E-state index is -9.29. The Morgan fingerprint density at radius 2 is 0.383 bits per heavy atom. The molecule has 2 N–H and O–H groups in total. The molecule has 0 aliphatic carbocycles. The van der Waals surface area contributed by atoms with E-state index in [1.54, 1.807) is 0 Å². The highest BCUT2D eigenvalue weighted by Gasteiger charge is 2.97. The van der Waals surface area contributed by atoms with Gasteiger partial charge in [0.25, 0.3) is 0 Å². The average molecular weight is 1270 g/mol. The zero-order valence-corrected chi connectivity index (χ0v) is 36.1. The Bertz CT molecular complexity index is 2980. The zero-order valence-electron chi connectivity index (χ0n) is 36.1. The first-order valence-electron chi connectivity index (χ1n) is 18.9. The Hall–Kier alpha value is -6.32. The molecule has 0 amide bonds. The molecule has 2 nitrogen and oxygen atoms in total. The summed E-state index contributed by atoms with van der Waals surface area (Å²) >= 11 is 0. The molecular formula is C39H10F40O2. The summed E-state index contributed by atoms with van der Waals surface area (Å²) in [6.45, 7) is 0. The lowest BCUT2D eigenvalue weighted by molar-refractivity contribution is -0.469. The molecule has 0 heterocycles. The minimum Gasteiger partial charge on any atom is -0.508 e. The van der Waals surface area contributed by atoms with Crippen LogP contribution < -0.4 is 0 Å². The molecule has 0 aromatic heterocycles. The second-order valence-corrected chi connectivity index (χ2v) is 15.6. The minimum absolute atomic E-state index is 0.0205. The Labute approximate surface area is 415 Å². The van der Waals surface area contributed by atoms with E-state index < -0.39 is 181 Å². The van der Waals surface area contributed by atoms with Gasteiger partial charge in [-0.15, -0.1) is 0 Å². The van der Waals surface area contributed by atoms with Gasteiger partial charge >= 0.3 is 89.3 Å². The number of phenolic OH excluding ortho intramolecular Hbond substituents is 2. The maximum absolute atomic E-state index is 14.8. The maximum Gasteiger partial charge on any atom is 0.460 e. The number of hydrogen-bond donors (Lipinski definition) is 2. The van der Waals surface area contributed by atoms with Gasteiger partial charge in [0.05, 0.1) is 11.1 Å². The Morgan fingerprint density at radius 3 is 0.580 bits per heavy atom. The first-order valence-corrected chi connectivity index (χ1v) is 18.9. The SMILES string of the molecule is Oc1ccc(-c2c(F)c(F)c(F)c(F)c2C(F)(F)C(F)(F)C(F)(F)C(F)(F)C(F)(F)C(F)(F)C(F)(F)C(F)(F)C(F)(F)F)cc1.Oc1ccc(-c2c(F)c(F)c(F)c(F)c2C(F)(F)C(F)(F)C(F)(F)C(F)(F)C(F)(F)C(F)(F)F)cc1. The second kappa shape index (κ2) is 19.9. The van der Waals surface area contributed by atoms with Crippen molar-refractivity contribution < 1.29 is 186 Å². The molecule has 0 aliphatic rings. The van der Waals surface area contributed by atoms with Crippen LogP contribution in [0.5, 0.6) is 11.5 Å². The van der Waals surface area contributed by atoms with E-state index in [-0.39, 0.29) is 36.4 Å². The molecule has 4 rings (SSSR count). The van der Waals surface area contributed by atoms with Crippen molar-refractivity contribution >= 4 is 0 Å². The van der Waals surface area contributed by atoms with Crippen LogP contribution in [0.25, 0.3) is 22.3 Å². The fraction of sp³-hybridized carbons (Fsp3) is 0.385. The molecule has 0 bridgehead atoms. The molecule has 0 spiro atoms. The Kier molecular flexibility index (Phi) is 17.0. The number of phenols is 2. The summed E-state index contributed by atoms with van der Waals surface area (Å²) in [5, 5.41) is 18.2. The molecule has 81 heavy (non-hydrogen) atoms. The highest BCUT2D eigenvalue weighted by Crippen LogP contribution is 2.68. The summed E-state index contributed by atoms with van der Waals surface area (Å²) in [5.41, 5.74) is -16.0. The quantitative estimate of drug-likeness (QED) is 0.0707. The predicted octanol–water partition coefficient (Wildman–Crippen LogP) is 17.5. The molecule has 0 radical (unpaired) electrons. The zero-order chi connectivity index (χ0) is 64.4. The summed E-state index contributed by atoms with van der Waals surface area (Å²) < 4.78 is 545. The van der Waals surface area contributed by atoms with Crippen LogP contribution in [0.4, 0.5) is 176 Å². The van der Waals surface area contributed by atoms with Crippen molar-refractivity contribution in [1.82, 2.24) is 0 Å². The Balaban J connectivity index is 0.000000436. The van der Waals surface area contributed by atoms with Crippen LogP contribution in [0, 0.1) is 46.5 Å².